The average molecular weight is 472 g/mol. The molecule has 178 valence electrons. The second-order valence-corrected chi connectivity index (χ2v) is 7.98. The molecule has 0 radical (unpaired) electrons. The lowest BCUT2D eigenvalue weighted by molar-refractivity contribution is -0.139. The number of aliphatic carboxylic acids is 1. The molecule has 0 spiro atoms. The molecule has 0 fully saturated rings. The van der Waals surface area contributed by atoms with Crippen LogP contribution < -0.4 is 15.4 Å². The number of ether oxygens (including phenoxy) is 1. The van der Waals surface area contributed by atoms with Crippen LogP contribution >= 0.6 is 0 Å². The lowest BCUT2D eigenvalue weighted by Gasteiger charge is -2.17. The summed E-state index contributed by atoms with van der Waals surface area (Å²) in [7, 11) is 1.55. The molecule has 1 unspecified atom stereocenters. The Balaban J connectivity index is 1.47. The predicted molar refractivity (Wildman–Crippen MR) is 133 cm³/mol. The van der Waals surface area contributed by atoms with Crippen molar-refractivity contribution in [3.05, 3.63) is 95.7 Å². The molecule has 1 heterocycles. The van der Waals surface area contributed by atoms with E-state index in [1.165, 1.54) is 6.07 Å². The number of rotatable bonds is 9. The van der Waals surface area contributed by atoms with Crippen molar-refractivity contribution >= 4 is 34.4 Å². The highest BCUT2D eigenvalue weighted by Crippen LogP contribution is 2.21. The van der Waals surface area contributed by atoms with E-state index < -0.39 is 23.8 Å². The van der Waals surface area contributed by atoms with E-state index in [0.29, 0.717) is 17.9 Å². The van der Waals surface area contributed by atoms with Gasteiger partial charge in [-0.05, 0) is 48.7 Å². The van der Waals surface area contributed by atoms with Crippen LogP contribution in [-0.2, 0) is 11.2 Å². The van der Waals surface area contributed by atoms with Gasteiger partial charge in [-0.1, -0.05) is 48.5 Å². The quantitative estimate of drug-likeness (QED) is 0.291. The predicted octanol–water partition coefficient (Wildman–Crippen LogP) is 4.24. The number of H-pyrrole nitrogens is 1. The van der Waals surface area contributed by atoms with E-state index in [4.69, 9.17) is 4.74 Å². The number of carbonyl (C=O) groups is 3. The van der Waals surface area contributed by atoms with Crippen molar-refractivity contribution in [3.63, 3.8) is 0 Å². The molecule has 3 aromatic carbocycles. The number of carboxylic acid groups (broad SMARTS) is 1. The molecule has 2 amide bonds. The zero-order chi connectivity index (χ0) is 24.8. The van der Waals surface area contributed by atoms with Gasteiger partial charge in [0, 0.05) is 10.9 Å². The summed E-state index contributed by atoms with van der Waals surface area (Å²) in [6.45, 7) is 0. The van der Waals surface area contributed by atoms with Crippen LogP contribution in [0, 0.1) is 0 Å². The summed E-state index contributed by atoms with van der Waals surface area (Å²) in [5.41, 5.74) is 2.47. The molecule has 0 aliphatic carbocycles. The summed E-state index contributed by atoms with van der Waals surface area (Å²) >= 11 is 0. The van der Waals surface area contributed by atoms with Crippen LogP contribution in [0.1, 0.15) is 32.8 Å². The number of aromatic amines is 1. The highest BCUT2D eigenvalue weighted by Gasteiger charge is 2.23. The monoisotopic (exact) mass is 471 g/mol. The first-order chi connectivity index (χ1) is 17.0. The molecular weight excluding hydrogens is 446 g/mol. The number of fused-ring (bicyclic) bond motifs is 1. The molecule has 35 heavy (non-hydrogen) atoms. The van der Waals surface area contributed by atoms with Crippen molar-refractivity contribution in [2.24, 2.45) is 0 Å². The molecule has 0 aliphatic rings. The average Bonchev–Trinajstić information content (AvgIpc) is 3.31. The lowest BCUT2D eigenvalue weighted by Crippen LogP contribution is -2.41. The van der Waals surface area contributed by atoms with Crippen molar-refractivity contribution in [2.75, 3.05) is 12.4 Å². The van der Waals surface area contributed by atoms with E-state index in [0.717, 1.165) is 16.5 Å². The highest BCUT2D eigenvalue weighted by atomic mass is 16.5. The minimum atomic E-state index is -1.15. The van der Waals surface area contributed by atoms with Crippen molar-refractivity contribution in [2.45, 2.75) is 18.9 Å². The maximum Gasteiger partial charge on any atom is 0.326 e. The maximum absolute atomic E-state index is 13.0. The lowest BCUT2D eigenvalue weighted by atomic mass is 10.0. The molecule has 1 aromatic heterocycles. The first kappa shape index (κ1) is 23.6. The standard InChI is InChI=1S/C27H25N3O5/c1-35-24-13-7-3-8-17(24)14-15-22(27(33)34)30-25(31)19-10-4-6-12-21(19)29-26(32)23-16-18-9-2-5-11-20(18)28-23/h2-13,16,22,28H,14-15H2,1H3,(H,29,32)(H,30,31)(H,33,34). The van der Waals surface area contributed by atoms with Crippen LogP contribution in [0.5, 0.6) is 5.75 Å². The number of benzene rings is 3. The van der Waals surface area contributed by atoms with Gasteiger partial charge >= 0.3 is 5.97 Å². The number of hydrogen-bond acceptors (Lipinski definition) is 4. The number of carboxylic acids is 1. The van der Waals surface area contributed by atoms with E-state index in [1.807, 2.05) is 42.5 Å². The largest absolute Gasteiger partial charge is 0.496 e. The summed E-state index contributed by atoms with van der Waals surface area (Å²) in [5.74, 6) is -1.49. The third-order valence-corrected chi connectivity index (χ3v) is 5.69. The van der Waals surface area contributed by atoms with Crippen LogP contribution in [0.15, 0.2) is 78.9 Å². The van der Waals surface area contributed by atoms with Crippen molar-refractivity contribution in [3.8, 4) is 5.75 Å². The molecular formula is C27H25N3O5. The Hall–Kier alpha value is -4.59. The second kappa shape index (κ2) is 10.6. The Bertz CT molecular complexity index is 1350. The van der Waals surface area contributed by atoms with Gasteiger partial charge in [0.1, 0.15) is 17.5 Å². The highest BCUT2D eigenvalue weighted by molar-refractivity contribution is 6.10. The van der Waals surface area contributed by atoms with Crippen LogP contribution in [0.3, 0.4) is 0 Å². The van der Waals surface area contributed by atoms with Crippen LogP contribution in [0.25, 0.3) is 10.9 Å². The summed E-state index contributed by atoms with van der Waals surface area (Å²) in [6, 6.07) is 21.9. The second-order valence-electron chi connectivity index (χ2n) is 7.98. The summed E-state index contributed by atoms with van der Waals surface area (Å²) < 4.78 is 5.32. The van der Waals surface area contributed by atoms with Gasteiger partial charge in [-0.2, -0.15) is 0 Å². The number of hydrogen-bond donors (Lipinski definition) is 4. The number of para-hydroxylation sites is 3. The SMILES string of the molecule is COc1ccccc1CCC(NC(=O)c1ccccc1NC(=O)c1cc2ccccc2[nH]1)C(=O)O. The van der Waals surface area contributed by atoms with Gasteiger partial charge in [-0.3, -0.25) is 9.59 Å². The van der Waals surface area contributed by atoms with E-state index >= 15 is 0 Å². The van der Waals surface area contributed by atoms with Gasteiger partial charge in [-0.15, -0.1) is 0 Å². The number of amides is 2. The van der Waals surface area contributed by atoms with Gasteiger partial charge < -0.3 is 25.5 Å². The van der Waals surface area contributed by atoms with Gasteiger partial charge in [-0.25, -0.2) is 4.79 Å². The minimum Gasteiger partial charge on any atom is -0.496 e. The van der Waals surface area contributed by atoms with E-state index in [2.05, 4.69) is 15.6 Å². The number of nitrogens with one attached hydrogen (secondary N) is 3. The number of carbonyl (C=O) groups excluding carboxylic acids is 2. The third-order valence-electron chi connectivity index (χ3n) is 5.69. The summed E-state index contributed by atoms with van der Waals surface area (Å²) in [4.78, 5) is 40.8. The Morgan fingerprint density at radius 1 is 0.943 bits per heavy atom. The van der Waals surface area contributed by atoms with Gasteiger partial charge in [0.15, 0.2) is 0 Å². The number of aryl methyl sites for hydroxylation is 1. The molecule has 0 saturated heterocycles. The number of anilines is 1. The smallest absolute Gasteiger partial charge is 0.326 e. The Kier molecular flexibility index (Phi) is 7.11. The van der Waals surface area contributed by atoms with Gasteiger partial charge in [0.05, 0.1) is 18.4 Å². The van der Waals surface area contributed by atoms with E-state index in [-0.39, 0.29) is 17.7 Å². The fraction of sp³-hybridized carbons (Fsp3) is 0.148. The molecule has 4 N–H and O–H groups in total. The summed E-state index contributed by atoms with van der Waals surface area (Å²) in [6.07, 6.45) is 0.574. The van der Waals surface area contributed by atoms with Crippen molar-refractivity contribution in [1.29, 1.82) is 0 Å². The van der Waals surface area contributed by atoms with Gasteiger partial charge in [0.2, 0.25) is 0 Å². The number of methoxy groups -OCH3 is 1. The maximum atomic E-state index is 13.0. The van der Waals surface area contributed by atoms with E-state index in [1.54, 1.807) is 37.4 Å². The fourth-order valence-electron chi connectivity index (χ4n) is 3.88. The van der Waals surface area contributed by atoms with Crippen LogP contribution in [0.2, 0.25) is 0 Å². The van der Waals surface area contributed by atoms with Crippen LogP contribution in [0.4, 0.5) is 5.69 Å². The Morgan fingerprint density at radius 2 is 1.66 bits per heavy atom. The zero-order valence-electron chi connectivity index (χ0n) is 19.1. The van der Waals surface area contributed by atoms with E-state index in [9.17, 15) is 19.5 Å². The Morgan fingerprint density at radius 3 is 2.43 bits per heavy atom. The molecule has 8 heteroatoms. The molecule has 4 rings (SSSR count). The molecule has 4 aromatic rings. The molecule has 8 nitrogen and oxygen atoms in total. The third kappa shape index (κ3) is 5.50. The topological polar surface area (TPSA) is 121 Å². The van der Waals surface area contributed by atoms with Crippen molar-refractivity contribution < 1.29 is 24.2 Å². The Labute approximate surface area is 201 Å². The molecule has 0 bridgehead atoms. The minimum absolute atomic E-state index is 0.167. The van der Waals surface area contributed by atoms with Crippen molar-refractivity contribution in [1.82, 2.24) is 10.3 Å². The zero-order valence-corrected chi connectivity index (χ0v) is 19.1. The fourth-order valence-corrected chi connectivity index (χ4v) is 3.88. The van der Waals surface area contributed by atoms with Gasteiger partial charge in [0.25, 0.3) is 11.8 Å². The first-order valence-electron chi connectivity index (χ1n) is 11.1. The van der Waals surface area contributed by atoms with Crippen LogP contribution in [-0.4, -0.2) is 41.0 Å². The summed E-state index contributed by atoms with van der Waals surface area (Å²) in [5, 5.41) is 15.9. The normalized spacial score (nSPS) is 11.6. The number of aromatic nitrogens is 1. The first-order valence-corrected chi connectivity index (χ1v) is 11.1. The molecule has 1 atom stereocenters. The molecule has 0 saturated carbocycles. The molecule has 0 aliphatic heterocycles.